The summed E-state index contributed by atoms with van der Waals surface area (Å²) in [5.41, 5.74) is 1.25. The van der Waals surface area contributed by atoms with Gasteiger partial charge in [-0.1, -0.05) is 6.07 Å². The number of aromatic nitrogens is 2. The van der Waals surface area contributed by atoms with Crippen LogP contribution in [-0.2, 0) is 0 Å². The number of anilines is 3. The van der Waals surface area contributed by atoms with Crippen molar-refractivity contribution in [2.24, 2.45) is 0 Å². The van der Waals surface area contributed by atoms with Crippen LogP contribution in [0.1, 0.15) is 21.9 Å². The van der Waals surface area contributed by atoms with Gasteiger partial charge in [-0.05, 0) is 37.3 Å². The minimum atomic E-state index is -1.06. The Kier molecular flexibility index (Phi) is 5.04. The van der Waals surface area contributed by atoms with E-state index in [9.17, 15) is 13.6 Å². The van der Waals surface area contributed by atoms with Crippen LogP contribution >= 0.6 is 0 Å². The monoisotopic (exact) mass is 365 g/mol. The number of hydrogen-bond donors (Lipinski definition) is 2. The van der Waals surface area contributed by atoms with Crippen LogP contribution in [0.3, 0.4) is 0 Å². The molecule has 1 heterocycles. The Bertz CT molecular complexity index is 1060. The van der Waals surface area contributed by atoms with E-state index in [1.807, 2.05) is 6.07 Å². The highest BCUT2D eigenvalue weighted by atomic mass is 19.2. The summed E-state index contributed by atoms with van der Waals surface area (Å²) in [6.45, 7) is 1.62. The van der Waals surface area contributed by atoms with E-state index in [1.54, 1.807) is 31.2 Å². The SMILES string of the molecule is Cc1nc(Nc2cccc(C#N)c2)cc(C(=O)Nc2ccc(F)c(F)c2)n1. The number of amides is 1. The fourth-order valence-electron chi connectivity index (χ4n) is 2.33. The highest BCUT2D eigenvalue weighted by Crippen LogP contribution is 2.18. The quantitative estimate of drug-likeness (QED) is 0.731. The third kappa shape index (κ3) is 4.41. The molecule has 27 heavy (non-hydrogen) atoms. The number of hydrogen-bond acceptors (Lipinski definition) is 5. The molecule has 0 bridgehead atoms. The molecule has 2 aromatic carbocycles. The van der Waals surface area contributed by atoms with Gasteiger partial charge in [0.1, 0.15) is 17.3 Å². The lowest BCUT2D eigenvalue weighted by molar-refractivity contribution is 0.102. The molecule has 3 rings (SSSR count). The summed E-state index contributed by atoms with van der Waals surface area (Å²) < 4.78 is 26.3. The Balaban J connectivity index is 1.82. The maximum Gasteiger partial charge on any atom is 0.274 e. The van der Waals surface area contributed by atoms with Crippen molar-refractivity contribution >= 4 is 23.1 Å². The van der Waals surface area contributed by atoms with E-state index in [0.717, 1.165) is 12.1 Å². The van der Waals surface area contributed by atoms with Gasteiger partial charge in [-0.25, -0.2) is 18.7 Å². The molecule has 0 saturated carbocycles. The molecule has 0 spiro atoms. The zero-order chi connectivity index (χ0) is 19.4. The van der Waals surface area contributed by atoms with Gasteiger partial charge in [0.2, 0.25) is 0 Å². The number of carbonyl (C=O) groups is 1. The molecule has 0 aliphatic heterocycles. The smallest absolute Gasteiger partial charge is 0.274 e. The standard InChI is InChI=1S/C19H13F2N5O/c1-11-23-17(19(27)26-14-5-6-15(20)16(21)8-14)9-18(24-11)25-13-4-2-3-12(7-13)10-22/h2-9H,1H3,(H,26,27)(H,23,24,25). The first-order chi connectivity index (χ1) is 12.9. The summed E-state index contributed by atoms with van der Waals surface area (Å²) in [6, 6.07) is 13.3. The van der Waals surface area contributed by atoms with Crippen molar-refractivity contribution < 1.29 is 13.6 Å². The third-order valence-electron chi connectivity index (χ3n) is 3.51. The van der Waals surface area contributed by atoms with Gasteiger partial charge in [-0.2, -0.15) is 5.26 Å². The summed E-state index contributed by atoms with van der Waals surface area (Å²) in [7, 11) is 0. The van der Waals surface area contributed by atoms with Gasteiger partial charge in [0, 0.05) is 23.5 Å². The average Bonchev–Trinajstić information content (AvgIpc) is 2.64. The highest BCUT2D eigenvalue weighted by Gasteiger charge is 2.12. The van der Waals surface area contributed by atoms with Crippen molar-refractivity contribution in [3.63, 3.8) is 0 Å². The topological polar surface area (TPSA) is 90.7 Å². The number of aryl methyl sites for hydroxylation is 1. The van der Waals surface area contributed by atoms with Gasteiger partial charge in [-0.3, -0.25) is 4.79 Å². The summed E-state index contributed by atoms with van der Waals surface area (Å²) in [4.78, 5) is 20.6. The predicted molar refractivity (Wildman–Crippen MR) is 95.5 cm³/mol. The average molecular weight is 365 g/mol. The molecule has 0 aliphatic carbocycles. The van der Waals surface area contributed by atoms with Crippen LogP contribution in [0, 0.1) is 29.9 Å². The lowest BCUT2D eigenvalue weighted by Crippen LogP contribution is -2.15. The molecule has 2 N–H and O–H groups in total. The molecule has 134 valence electrons. The largest absolute Gasteiger partial charge is 0.340 e. The molecule has 1 amide bonds. The number of nitrogens with zero attached hydrogens (tertiary/aromatic N) is 3. The van der Waals surface area contributed by atoms with Crippen molar-refractivity contribution in [2.75, 3.05) is 10.6 Å². The van der Waals surface area contributed by atoms with Crippen LogP contribution in [0.5, 0.6) is 0 Å². The second kappa shape index (κ2) is 7.58. The first-order valence-corrected chi connectivity index (χ1v) is 7.84. The second-order valence-corrected chi connectivity index (χ2v) is 5.59. The van der Waals surface area contributed by atoms with Gasteiger partial charge in [-0.15, -0.1) is 0 Å². The molecule has 0 aliphatic rings. The molecule has 1 aromatic heterocycles. The Morgan fingerprint density at radius 1 is 1.04 bits per heavy atom. The minimum Gasteiger partial charge on any atom is -0.340 e. The van der Waals surface area contributed by atoms with Crippen LogP contribution in [0.25, 0.3) is 0 Å². The van der Waals surface area contributed by atoms with Crippen molar-refractivity contribution in [3.8, 4) is 6.07 Å². The maximum atomic E-state index is 13.3. The van der Waals surface area contributed by atoms with E-state index in [4.69, 9.17) is 5.26 Å². The maximum absolute atomic E-state index is 13.3. The number of nitrogens with one attached hydrogen (secondary N) is 2. The van der Waals surface area contributed by atoms with E-state index in [-0.39, 0.29) is 11.4 Å². The molecular weight excluding hydrogens is 352 g/mol. The summed E-state index contributed by atoms with van der Waals surface area (Å²) in [6.07, 6.45) is 0. The number of benzene rings is 2. The molecule has 6 nitrogen and oxygen atoms in total. The van der Waals surface area contributed by atoms with Crippen LogP contribution in [0.15, 0.2) is 48.5 Å². The van der Waals surface area contributed by atoms with Crippen LogP contribution in [-0.4, -0.2) is 15.9 Å². The van der Waals surface area contributed by atoms with E-state index >= 15 is 0 Å². The van der Waals surface area contributed by atoms with E-state index in [1.165, 1.54) is 12.1 Å². The third-order valence-corrected chi connectivity index (χ3v) is 3.51. The fourth-order valence-corrected chi connectivity index (χ4v) is 2.33. The van der Waals surface area contributed by atoms with Gasteiger partial charge in [0.15, 0.2) is 11.6 Å². The van der Waals surface area contributed by atoms with Crippen molar-refractivity contribution in [1.82, 2.24) is 9.97 Å². The summed E-state index contributed by atoms with van der Waals surface area (Å²) in [5.74, 6) is -1.97. The molecule has 0 fully saturated rings. The lowest BCUT2D eigenvalue weighted by Gasteiger charge is -2.09. The molecule has 8 heteroatoms. The first-order valence-electron chi connectivity index (χ1n) is 7.84. The number of halogens is 2. The van der Waals surface area contributed by atoms with Crippen LogP contribution < -0.4 is 10.6 Å². The Labute approximate surface area is 153 Å². The normalized spacial score (nSPS) is 10.1. The molecule has 3 aromatic rings. The number of nitriles is 1. The van der Waals surface area contributed by atoms with E-state index < -0.39 is 17.5 Å². The summed E-state index contributed by atoms with van der Waals surface area (Å²) >= 11 is 0. The van der Waals surface area contributed by atoms with Crippen molar-refractivity contribution in [3.05, 3.63) is 77.2 Å². The zero-order valence-electron chi connectivity index (χ0n) is 14.1. The van der Waals surface area contributed by atoms with Gasteiger partial charge in [0.25, 0.3) is 5.91 Å². The van der Waals surface area contributed by atoms with Gasteiger partial charge >= 0.3 is 0 Å². The zero-order valence-corrected chi connectivity index (χ0v) is 14.1. The highest BCUT2D eigenvalue weighted by molar-refractivity contribution is 6.03. The van der Waals surface area contributed by atoms with Crippen LogP contribution in [0.4, 0.5) is 26.0 Å². The lowest BCUT2D eigenvalue weighted by atomic mass is 10.2. The predicted octanol–water partition coefficient (Wildman–Crippen LogP) is 3.93. The van der Waals surface area contributed by atoms with Crippen molar-refractivity contribution in [2.45, 2.75) is 6.92 Å². The molecule has 0 atom stereocenters. The van der Waals surface area contributed by atoms with Gasteiger partial charge in [0.05, 0.1) is 11.6 Å². The van der Waals surface area contributed by atoms with E-state index in [0.29, 0.717) is 22.9 Å². The second-order valence-electron chi connectivity index (χ2n) is 5.59. The van der Waals surface area contributed by atoms with Crippen molar-refractivity contribution in [1.29, 1.82) is 5.26 Å². The summed E-state index contributed by atoms with van der Waals surface area (Å²) in [5, 5.41) is 14.4. The first kappa shape index (κ1) is 17.9. The molecule has 0 unspecified atom stereocenters. The fraction of sp³-hybridized carbons (Fsp3) is 0.0526. The molecule has 0 radical (unpaired) electrons. The Morgan fingerprint density at radius 3 is 2.59 bits per heavy atom. The number of carbonyl (C=O) groups excluding carboxylic acids is 1. The van der Waals surface area contributed by atoms with Crippen LogP contribution in [0.2, 0.25) is 0 Å². The Morgan fingerprint density at radius 2 is 1.85 bits per heavy atom. The number of rotatable bonds is 4. The van der Waals surface area contributed by atoms with E-state index in [2.05, 4.69) is 20.6 Å². The molecular formula is C19H13F2N5O. The van der Waals surface area contributed by atoms with Gasteiger partial charge < -0.3 is 10.6 Å². The molecule has 0 saturated heterocycles. The Hall–Kier alpha value is -3.86. The minimum absolute atomic E-state index is 0.0474.